The zero-order chi connectivity index (χ0) is 27.6. The maximum absolute atomic E-state index is 13.8. The first-order valence-corrected chi connectivity index (χ1v) is 13.3. The monoisotopic (exact) mass is 529 g/mol. The van der Waals surface area contributed by atoms with Gasteiger partial charge in [0.2, 0.25) is 0 Å². The molecule has 0 aliphatic rings. The number of amides is 1. The molecule has 1 heterocycles. The van der Waals surface area contributed by atoms with Crippen molar-refractivity contribution in [2.75, 3.05) is 7.11 Å². The summed E-state index contributed by atoms with van der Waals surface area (Å²) in [4.78, 5) is 44.5. The number of aryl methyl sites for hydroxylation is 2. The minimum atomic E-state index is -0.515. The molecule has 0 radical (unpaired) electrons. The van der Waals surface area contributed by atoms with Gasteiger partial charge in [0.05, 0.1) is 29.0 Å². The van der Waals surface area contributed by atoms with E-state index in [-0.39, 0.29) is 23.3 Å². The van der Waals surface area contributed by atoms with Crippen LogP contribution in [0.1, 0.15) is 52.6 Å². The zero-order valence-electron chi connectivity index (χ0n) is 22.4. The summed E-state index contributed by atoms with van der Waals surface area (Å²) in [6, 6.07) is 17.6. The van der Waals surface area contributed by atoms with E-state index in [2.05, 4.69) is 5.32 Å². The van der Waals surface area contributed by atoms with E-state index in [4.69, 9.17) is 9.72 Å². The van der Waals surface area contributed by atoms with Crippen molar-refractivity contribution in [1.82, 2.24) is 14.9 Å². The first-order valence-electron chi connectivity index (χ1n) is 12.4. The van der Waals surface area contributed by atoms with Crippen LogP contribution in [0.25, 0.3) is 16.6 Å². The van der Waals surface area contributed by atoms with Gasteiger partial charge in [0.1, 0.15) is 5.75 Å². The first-order chi connectivity index (χ1) is 18.1. The molecule has 0 fully saturated rings. The lowest BCUT2D eigenvalue weighted by Gasteiger charge is -2.17. The third-order valence-corrected chi connectivity index (χ3v) is 7.35. The molecule has 0 aliphatic heterocycles. The second-order valence-electron chi connectivity index (χ2n) is 9.52. The quantitative estimate of drug-likeness (QED) is 0.184. The summed E-state index contributed by atoms with van der Waals surface area (Å²) in [5, 5.41) is 3.08. The van der Waals surface area contributed by atoms with Crippen LogP contribution in [0.4, 0.5) is 0 Å². The number of nitrogens with one attached hydrogen (secondary N) is 1. The number of ether oxygens (including phenoxy) is 1. The fraction of sp³-hybridized carbons (Fsp3) is 0.267. The Balaban J connectivity index is 1.82. The van der Waals surface area contributed by atoms with Gasteiger partial charge in [0.25, 0.3) is 11.5 Å². The maximum Gasteiger partial charge on any atom is 0.266 e. The van der Waals surface area contributed by atoms with Gasteiger partial charge in [0, 0.05) is 17.2 Å². The Kier molecular flexibility index (Phi) is 8.02. The average Bonchev–Trinajstić information content (AvgIpc) is 2.89. The predicted octanol–water partition coefficient (Wildman–Crippen LogP) is 5.51. The van der Waals surface area contributed by atoms with E-state index in [0.29, 0.717) is 38.6 Å². The van der Waals surface area contributed by atoms with Crippen molar-refractivity contribution in [3.05, 3.63) is 93.3 Å². The number of methoxy groups -OCH3 is 1. The molecule has 0 aliphatic carbocycles. The number of rotatable bonds is 8. The van der Waals surface area contributed by atoms with Gasteiger partial charge < -0.3 is 10.1 Å². The number of carbonyl (C=O) groups excluding carboxylic acids is 2. The van der Waals surface area contributed by atoms with E-state index < -0.39 is 5.25 Å². The molecule has 0 saturated carbocycles. The van der Waals surface area contributed by atoms with Crippen LogP contribution in [0.2, 0.25) is 0 Å². The summed E-state index contributed by atoms with van der Waals surface area (Å²) in [7, 11) is 1.58. The zero-order valence-corrected chi connectivity index (χ0v) is 23.2. The van der Waals surface area contributed by atoms with E-state index in [0.717, 1.165) is 11.1 Å². The second kappa shape index (κ2) is 11.2. The van der Waals surface area contributed by atoms with Crippen LogP contribution in [0, 0.1) is 13.8 Å². The SMILES string of the molecule is COc1ccc(-n2c(SC(C)C(=O)c3ccc(C)c(C)c3)nc3cc(C(=O)NC(C)C)ccc3c2=O)cc1. The van der Waals surface area contributed by atoms with Gasteiger partial charge in [-0.25, -0.2) is 4.98 Å². The van der Waals surface area contributed by atoms with E-state index in [1.54, 1.807) is 49.6 Å². The molecule has 4 rings (SSSR count). The van der Waals surface area contributed by atoms with Crippen molar-refractivity contribution >= 4 is 34.4 Å². The van der Waals surface area contributed by atoms with Crippen LogP contribution in [-0.2, 0) is 0 Å². The summed E-state index contributed by atoms with van der Waals surface area (Å²) >= 11 is 1.21. The molecule has 196 valence electrons. The average molecular weight is 530 g/mol. The Labute approximate surface area is 226 Å². The molecular formula is C30H31N3O4S. The normalized spacial score (nSPS) is 12.0. The minimum absolute atomic E-state index is 0.0300. The van der Waals surface area contributed by atoms with Crippen molar-refractivity contribution in [1.29, 1.82) is 0 Å². The van der Waals surface area contributed by atoms with E-state index >= 15 is 0 Å². The third-order valence-electron chi connectivity index (χ3n) is 6.29. The third kappa shape index (κ3) is 5.65. The molecule has 1 atom stereocenters. The highest BCUT2D eigenvalue weighted by Gasteiger charge is 2.22. The summed E-state index contributed by atoms with van der Waals surface area (Å²) in [6.07, 6.45) is 0. The number of ketones is 1. The number of benzene rings is 3. The Hall–Kier alpha value is -3.91. The van der Waals surface area contributed by atoms with Crippen molar-refractivity contribution in [2.45, 2.75) is 51.1 Å². The number of Topliss-reactive ketones (excluding diaryl/α,β-unsaturated/α-hetero) is 1. The number of carbonyl (C=O) groups is 2. The lowest BCUT2D eigenvalue weighted by Crippen LogP contribution is -2.30. The Bertz CT molecular complexity index is 1580. The van der Waals surface area contributed by atoms with Crippen LogP contribution in [0.3, 0.4) is 0 Å². The lowest BCUT2D eigenvalue weighted by atomic mass is 10.0. The molecule has 3 aromatic carbocycles. The summed E-state index contributed by atoms with van der Waals surface area (Å²) < 4.78 is 6.78. The fourth-order valence-electron chi connectivity index (χ4n) is 4.03. The number of hydrogen-bond donors (Lipinski definition) is 1. The van der Waals surface area contributed by atoms with Gasteiger partial charge in [-0.05, 0) is 94.3 Å². The van der Waals surface area contributed by atoms with Crippen molar-refractivity contribution in [3.8, 4) is 11.4 Å². The highest BCUT2D eigenvalue weighted by molar-refractivity contribution is 8.00. The molecule has 1 N–H and O–H groups in total. The number of hydrogen-bond acceptors (Lipinski definition) is 6. The number of fused-ring (bicyclic) bond motifs is 1. The van der Waals surface area contributed by atoms with Gasteiger partial charge in [-0.15, -0.1) is 0 Å². The molecule has 4 aromatic rings. The summed E-state index contributed by atoms with van der Waals surface area (Å²) in [6.45, 7) is 9.55. The fourth-order valence-corrected chi connectivity index (χ4v) is 5.04. The Morgan fingerprint density at radius 3 is 2.24 bits per heavy atom. The van der Waals surface area contributed by atoms with Crippen molar-refractivity contribution < 1.29 is 14.3 Å². The summed E-state index contributed by atoms with van der Waals surface area (Å²) in [5.74, 6) is 0.359. The molecule has 7 nitrogen and oxygen atoms in total. The standard InChI is InChI=1S/C30H31N3O4S/c1-17(2)31-28(35)22-9-14-25-26(16-22)32-30(33(29(25)36)23-10-12-24(37-6)13-11-23)38-20(5)27(34)21-8-7-18(3)19(4)15-21/h7-17,20H,1-6H3,(H,31,35). The van der Waals surface area contributed by atoms with Gasteiger partial charge in [-0.3, -0.25) is 19.0 Å². The van der Waals surface area contributed by atoms with Gasteiger partial charge >= 0.3 is 0 Å². The molecule has 8 heteroatoms. The number of thioether (sulfide) groups is 1. The smallest absolute Gasteiger partial charge is 0.266 e. The highest BCUT2D eigenvalue weighted by Crippen LogP contribution is 2.28. The van der Waals surface area contributed by atoms with E-state index in [1.807, 2.05) is 52.8 Å². The van der Waals surface area contributed by atoms with Gasteiger partial charge in [0.15, 0.2) is 10.9 Å². The van der Waals surface area contributed by atoms with Crippen LogP contribution in [-0.4, -0.2) is 39.6 Å². The molecular weight excluding hydrogens is 498 g/mol. The molecule has 0 spiro atoms. The minimum Gasteiger partial charge on any atom is -0.497 e. The second-order valence-corrected chi connectivity index (χ2v) is 10.8. The molecule has 0 saturated heterocycles. The van der Waals surface area contributed by atoms with E-state index in [1.165, 1.54) is 16.3 Å². The predicted molar refractivity (Wildman–Crippen MR) is 152 cm³/mol. The van der Waals surface area contributed by atoms with E-state index in [9.17, 15) is 14.4 Å². The van der Waals surface area contributed by atoms with Crippen LogP contribution in [0.15, 0.2) is 70.6 Å². The van der Waals surface area contributed by atoms with Crippen LogP contribution >= 0.6 is 11.8 Å². The van der Waals surface area contributed by atoms with Crippen LogP contribution < -0.4 is 15.6 Å². The van der Waals surface area contributed by atoms with Gasteiger partial charge in [-0.2, -0.15) is 0 Å². The molecule has 0 bridgehead atoms. The topological polar surface area (TPSA) is 90.3 Å². The molecule has 1 aromatic heterocycles. The largest absolute Gasteiger partial charge is 0.497 e. The number of nitrogens with zero attached hydrogens (tertiary/aromatic N) is 2. The number of aromatic nitrogens is 2. The van der Waals surface area contributed by atoms with Crippen molar-refractivity contribution in [2.24, 2.45) is 0 Å². The Morgan fingerprint density at radius 1 is 0.921 bits per heavy atom. The first kappa shape index (κ1) is 27.1. The molecule has 38 heavy (non-hydrogen) atoms. The Morgan fingerprint density at radius 2 is 1.61 bits per heavy atom. The summed E-state index contributed by atoms with van der Waals surface area (Å²) in [5.41, 5.74) is 3.88. The maximum atomic E-state index is 13.8. The molecule has 1 unspecified atom stereocenters. The van der Waals surface area contributed by atoms with Crippen LogP contribution in [0.5, 0.6) is 5.75 Å². The van der Waals surface area contributed by atoms with Crippen molar-refractivity contribution in [3.63, 3.8) is 0 Å². The highest BCUT2D eigenvalue weighted by atomic mass is 32.2. The lowest BCUT2D eigenvalue weighted by molar-refractivity contribution is 0.0942. The molecule has 1 amide bonds. The van der Waals surface area contributed by atoms with Gasteiger partial charge in [-0.1, -0.05) is 23.9 Å².